The molecule has 0 saturated heterocycles. The van der Waals surface area contributed by atoms with Crippen LogP contribution in [0.25, 0.3) is 6.08 Å². The zero-order valence-electron chi connectivity index (χ0n) is 14.3. The van der Waals surface area contributed by atoms with Crippen LogP contribution in [0.4, 0.5) is 0 Å². The van der Waals surface area contributed by atoms with E-state index in [1.54, 1.807) is 18.2 Å². The van der Waals surface area contributed by atoms with E-state index in [-0.39, 0.29) is 21.2 Å². The number of carbonyl (C=O) groups excluding carboxylic acids is 2. The first-order valence-corrected chi connectivity index (χ1v) is 9.24. The van der Waals surface area contributed by atoms with Crippen molar-refractivity contribution in [3.8, 4) is 5.75 Å². The van der Waals surface area contributed by atoms with E-state index in [4.69, 9.17) is 15.8 Å². The van der Waals surface area contributed by atoms with Gasteiger partial charge in [0, 0.05) is 10.6 Å². The zero-order valence-corrected chi connectivity index (χ0v) is 15.9. The Kier molecular flexibility index (Phi) is 6.59. The molecule has 2 aromatic rings. The molecule has 0 bridgehead atoms. The van der Waals surface area contributed by atoms with E-state index >= 15 is 0 Å². The van der Waals surface area contributed by atoms with Crippen molar-refractivity contribution in [3.05, 3.63) is 64.7 Å². The maximum absolute atomic E-state index is 12.4. The van der Waals surface area contributed by atoms with E-state index in [2.05, 4.69) is 9.47 Å². The molecule has 0 aliphatic rings. The molecule has 0 fully saturated rings. The van der Waals surface area contributed by atoms with Crippen molar-refractivity contribution in [2.45, 2.75) is 4.90 Å². The number of rotatable bonds is 6. The van der Waals surface area contributed by atoms with Gasteiger partial charge in [-0.05, 0) is 36.4 Å². The Morgan fingerprint density at radius 2 is 1.56 bits per heavy atom. The fourth-order valence-electron chi connectivity index (χ4n) is 2.04. The summed E-state index contributed by atoms with van der Waals surface area (Å²) < 4.78 is 39.2. The Morgan fingerprint density at radius 3 is 2.11 bits per heavy atom. The Hall–Kier alpha value is -2.84. The Labute approximate surface area is 161 Å². The van der Waals surface area contributed by atoms with E-state index < -0.39 is 27.6 Å². The summed E-state index contributed by atoms with van der Waals surface area (Å²) in [6.07, 6.45) is 1.08. The average molecular weight is 411 g/mol. The number of hydrogen-bond donors (Lipinski definition) is 0. The second kappa shape index (κ2) is 8.70. The zero-order chi connectivity index (χ0) is 20.0. The van der Waals surface area contributed by atoms with E-state index in [0.29, 0.717) is 0 Å². The lowest BCUT2D eigenvalue weighted by Crippen LogP contribution is -2.16. The molecule has 0 saturated carbocycles. The summed E-state index contributed by atoms with van der Waals surface area (Å²) in [5, 5.41) is 0.236. The van der Waals surface area contributed by atoms with Crippen molar-refractivity contribution in [1.82, 2.24) is 0 Å². The van der Waals surface area contributed by atoms with Gasteiger partial charge in [0.15, 0.2) is 0 Å². The van der Waals surface area contributed by atoms with Crippen molar-refractivity contribution in [1.29, 1.82) is 0 Å². The average Bonchev–Trinajstić information content (AvgIpc) is 2.67. The van der Waals surface area contributed by atoms with Crippen LogP contribution in [0.2, 0.25) is 5.02 Å². The van der Waals surface area contributed by atoms with Crippen LogP contribution in [0, 0.1) is 0 Å². The minimum atomic E-state index is -4.14. The van der Waals surface area contributed by atoms with Crippen LogP contribution in [-0.2, 0) is 29.2 Å². The van der Waals surface area contributed by atoms with Crippen LogP contribution in [0.5, 0.6) is 5.75 Å². The summed E-state index contributed by atoms with van der Waals surface area (Å²) in [5.74, 6) is -2.05. The van der Waals surface area contributed by atoms with Crippen molar-refractivity contribution < 1.29 is 31.7 Å². The van der Waals surface area contributed by atoms with Gasteiger partial charge in [-0.2, -0.15) is 8.42 Å². The van der Waals surface area contributed by atoms with Gasteiger partial charge in [0.2, 0.25) is 0 Å². The third-order valence-corrected chi connectivity index (χ3v) is 4.80. The smallest absolute Gasteiger partial charge is 0.345 e. The highest BCUT2D eigenvalue weighted by atomic mass is 35.5. The lowest BCUT2D eigenvalue weighted by Gasteiger charge is -2.11. The van der Waals surface area contributed by atoms with Crippen LogP contribution in [0.1, 0.15) is 5.56 Å². The van der Waals surface area contributed by atoms with Gasteiger partial charge in [0.1, 0.15) is 16.2 Å². The summed E-state index contributed by atoms with van der Waals surface area (Å²) in [6, 6.07) is 11.5. The molecule has 142 valence electrons. The molecule has 0 aliphatic carbocycles. The van der Waals surface area contributed by atoms with E-state index in [1.807, 2.05) is 0 Å². The number of esters is 2. The molecule has 0 spiro atoms. The minimum Gasteiger partial charge on any atom is -0.465 e. The monoisotopic (exact) mass is 410 g/mol. The Bertz CT molecular complexity index is 964. The molecule has 0 unspecified atom stereocenters. The van der Waals surface area contributed by atoms with Crippen molar-refractivity contribution in [2.75, 3.05) is 14.2 Å². The second-order valence-corrected chi connectivity index (χ2v) is 7.06. The molecule has 2 aromatic carbocycles. The van der Waals surface area contributed by atoms with Gasteiger partial charge in [0.05, 0.1) is 14.2 Å². The van der Waals surface area contributed by atoms with Gasteiger partial charge in [-0.3, -0.25) is 0 Å². The number of methoxy groups -OCH3 is 2. The molecule has 0 N–H and O–H groups in total. The molecule has 0 radical (unpaired) electrons. The summed E-state index contributed by atoms with van der Waals surface area (Å²) in [5.41, 5.74) is -0.378. The Morgan fingerprint density at radius 1 is 0.963 bits per heavy atom. The van der Waals surface area contributed by atoms with Gasteiger partial charge in [-0.15, -0.1) is 0 Å². The molecule has 9 heteroatoms. The van der Waals surface area contributed by atoms with Crippen LogP contribution in [0.15, 0.2) is 59.0 Å². The quantitative estimate of drug-likeness (QED) is 0.237. The first kappa shape index (κ1) is 20.5. The predicted molar refractivity (Wildman–Crippen MR) is 97.7 cm³/mol. The van der Waals surface area contributed by atoms with Crippen LogP contribution >= 0.6 is 11.6 Å². The highest BCUT2D eigenvalue weighted by Crippen LogP contribution is 2.28. The first-order chi connectivity index (χ1) is 12.8. The molecule has 0 aromatic heterocycles. The summed E-state index contributed by atoms with van der Waals surface area (Å²) in [6.45, 7) is 0. The van der Waals surface area contributed by atoms with E-state index in [0.717, 1.165) is 20.3 Å². The molecule has 2 rings (SSSR count). The van der Waals surface area contributed by atoms with Gasteiger partial charge in [-0.25, -0.2) is 9.59 Å². The molecular weight excluding hydrogens is 396 g/mol. The highest BCUT2D eigenvalue weighted by Gasteiger charge is 2.22. The third-order valence-electron chi connectivity index (χ3n) is 3.31. The summed E-state index contributed by atoms with van der Waals surface area (Å²) in [4.78, 5) is 23.6. The number of carbonyl (C=O) groups is 2. The van der Waals surface area contributed by atoms with Gasteiger partial charge in [-0.1, -0.05) is 29.8 Å². The summed E-state index contributed by atoms with van der Waals surface area (Å²) in [7, 11) is -1.96. The maximum Gasteiger partial charge on any atom is 0.345 e. The molecule has 0 heterocycles. The number of hydrogen-bond acceptors (Lipinski definition) is 7. The number of benzene rings is 2. The first-order valence-electron chi connectivity index (χ1n) is 7.46. The van der Waals surface area contributed by atoms with Crippen molar-refractivity contribution in [2.24, 2.45) is 0 Å². The van der Waals surface area contributed by atoms with Crippen molar-refractivity contribution in [3.63, 3.8) is 0 Å². The van der Waals surface area contributed by atoms with Gasteiger partial charge < -0.3 is 13.7 Å². The van der Waals surface area contributed by atoms with Gasteiger partial charge >= 0.3 is 22.1 Å². The SMILES string of the molecule is COC(=O)C(=Cc1cc(Cl)ccc1OS(=O)(=O)c1ccccc1)C(=O)OC. The number of ether oxygens (including phenoxy) is 2. The number of halogens is 1. The Balaban J connectivity index is 2.53. The molecule has 0 amide bonds. The molecule has 7 nitrogen and oxygen atoms in total. The van der Waals surface area contributed by atoms with Crippen LogP contribution < -0.4 is 4.18 Å². The van der Waals surface area contributed by atoms with Crippen molar-refractivity contribution >= 4 is 39.7 Å². The van der Waals surface area contributed by atoms with Crippen LogP contribution in [0.3, 0.4) is 0 Å². The molecule has 27 heavy (non-hydrogen) atoms. The lowest BCUT2D eigenvalue weighted by atomic mass is 10.1. The maximum atomic E-state index is 12.4. The van der Waals surface area contributed by atoms with E-state index in [1.165, 1.54) is 30.3 Å². The van der Waals surface area contributed by atoms with E-state index in [9.17, 15) is 18.0 Å². The molecule has 0 atom stereocenters. The van der Waals surface area contributed by atoms with Crippen LogP contribution in [-0.4, -0.2) is 34.6 Å². The summed E-state index contributed by atoms with van der Waals surface area (Å²) >= 11 is 5.95. The second-order valence-electron chi connectivity index (χ2n) is 5.07. The minimum absolute atomic E-state index is 0.0592. The third kappa shape index (κ3) is 5.08. The van der Waals surface area contributed by atoms with Gasteiger partial charge in [0.25, 0.3) is 0 Å². The molecule has 0 aliphatic heterocycles. The topological polar surface area (TPSA) is 96.0 Å². The predicted octanol–water partition coefficient (Wildman–Crippen LogP) is 2.84. The standard InChI is InChI=1S/C18H15ClO7S/c1-24-17(20)15(18(21)25-2)11-12-10-13(19)8-9-16(12)26-27(22,23)14-6-4-3-5-7-14/h3-11H,1-2H3. The fourth-order valence-corrected chi connectivity index (χ4v) is 3.19. The molecular formula is C18H15ClO7S. The highest BCUT2D eigenvalue weighted by molar-refractivity contribution is 7.87. The normalized spacial score (nSPS) is 10.6. The fraction of sp³-hybridized carbons (Fsp3) is 0.111. The largest absolute Gasteiger partial charge is 0.465 e. The lowest BCUT2D eigenvalue weighted by molar-refractivity contribution is -0.143.